The van der Waals surface area contributed by atoms with Gasteiger partial charge in [-0.2, -0.15) is 0 Å². The van der Waals surface area contributed by atoms with Gasteiger partial charge in [0.15, 0.2) is 0 Å². The highest BCUT2D eigenvalue weighted by molar-refractivity contribution is 5.20. The van der Waals surface area contributed by atoms with Gasteiger partial charge < -0.3 is 14.5 Å². The van der Waals surface area contributed by atoms with Crippen molar-refractivity contribution < 1.29 is 9.15 Å². The van der Waals surface area contributed by atoms with Gasteiger partial charge in [0.2, 0.25) is 0 Å². The van der Waals surface area contributed by atoms with Gasteiger partial charge in [-0.3, -0.25) is 4.90 Å². The molecule has 4 nitrogen and oxygen atoms in total. The van der Waals surface area contributed by atoms with Crippen molar-refractivity contribution in [3.05, 3.63) is 23.2 Å². The number of rotatable bonds is 6. The highest BCUT2D eigenvalue weighted by Gasteiger charge is 2.27. The van der Waals surface area contributed by atoms with Gasteiger partial charge >= 0.3 is 0 Å². The van der Waals surface area contributed by atoms with Crippen LogP contribution in [0, 0.1) is 6.92 Å². The second-order valence-electron chi connectivity index (χ2n) is 6.61. The first kappa shape index (κ1) is 15.1. The number of morpholine rings is 1. The summed E-state index contributed by atoms with van der Waals surface area (Å²) in [6.45, 7) is 10.1. The molecular formula is C17H28N2O2. The van der Waals surface area contributed by atoms with Crippen molar-refractivity contribution in [3.63, 3.8) is 0 Å². The summed E-state index contributed by atoms with van der Waals surface area (Å²) in [6, 6.07) is 3.44. The zero-order valence-corrected chi connectivity index (χ0v) is 13.5. The van der Waals surface area contributed by atoms with Crippen LogP contribution in [0.5, 0.6) is 0 Å². The molecule has 0 aromatic carbocycles. The Bertz CT molecular complexity index is 467. The maximum absolute atomic E-state index is 6.08. The molecule has 3 rings (SSSR count). The Balaban J connectivity index is 1.61. The Hall–Kier alpha value is -0.840. The quantitative estimate of drug-likeness (QED) is 0.875. The normalized spacial score (nSPS) is 27.2. The van der Waals surface area contributed by atoms with Gasteiger partial charge in [-0.15, -0.1) is 0 Å². The van der Waals surface area contributed by atoms with E-state index in [1.807, 2.05) is 0 Å². The van der Waals surface area contributed by atoms with Gasteiger partial charge in [0.25, 0.3) is 0 Å². The van der Waals surface area contributed by atoms with Crippen molar-refractivity contribution in [1.29, 1.82) is 0 Å². The second-order valence-corrected chi connectivity index (χ2v) is 6.61. The third kappa shape index (κ3) is 3.87. The zero-order valence-electron chi connectivity index (χ0n) is 13.5. The van der Waals surface area contributed by atoms with E-state index in [-0.39, 0.29) is 0 Å². The van der Waals surface area contributed by atoms with Gasteiger partial charge in [-0.05, 0) is 44.7 Å². The molecule has 1 aromatic rings. The van der Waals surface area contributed by atoms with E-state index in [1.165, 1.54) is 18.4 Å². The molecule has 118 valence electrons. The molecule has 2 unspecified atom stereocenters. The number of hydrogen-bond donors (Lipinski definition) is 1. The van der Waals surface area contributed by atoms with Gasteiger partial charge in [0.1, 0.15) is 11.5 Å². The third-order valence-electron chi connectivity index (χ3n) is 4.61. The fraction of sp³-hybridized carbons (Fsp3) is 0.765. The largest absolute Gasteiger partial charge is 0.463 e. The molecule has 21 heavy (non-hydrogen) atoms. The molecule has 1 aliphatic heterocycles. The van der Waals surface area contributed by atoms with Crippen molar-refractivity contribution in [2.75, 3.05) is 13.2 Å². The molecule has 2 aliphatic rings. The second kappa shape index (κ2) is 6.51. The van der Waals surface area contributed by atoms with Gasteiger partial charge in [0.05, 0.1) is 25.8 Å². The Morgan fingerprint density at radius 2 is 2.19 bits per heavy atom. The topological polar surface area (TPSA) is 37.6 Å². The van der Waals surface area contributed by atoms with E-state index in [0.717, 1.165) is 50.2 Å². The van der Waals surface area contributed by atoms with Crippen molar-refractivity contribution in [3.8, 4) is 0 Å². The molecule has 1 N–H and O–H groups in total. The fourth-order valence-electron chi connectivity index (χ4n) is 3.05. The Kier molecular flexibility index (Phi) is 4.67. The molecule has 4 heteroatoms. The molecule has 2 heterocycles. The van der Waals surface area contributed by atoms with Crippen LogP contribution in [-0.2, 0) is 17.8 Å². The minimum Gasteiger partial charge on any atom is -0.463 e. The Morgan fingerprint density at radius 3 is 2.90 bits per heavy atom. The minimum atomic E-state index is 0.319. The Labute approximate surface area is 127 Å². The number of furan rings is 1. The predicted octanol–water partition coefficient (Wildman–Crippen LogP) is 2.84. The molecule has 1 saturated heterocycles. The number of nitrogens with one attached hydrogen (secondary N) is 1. The van der Waals surface area contributed by atoms with Crippen LogP contribution in [0.2, 0.25) is 0 Å². The minimum absolute atomic E-state index is 0.319. The van der Waals surface area contributed by atoms with E-state index >= 15 is 0 Å². The summed E-state index contributed by atoms with van der Waals surface area (Å²) in [5, 5.41) is 3.53. The molecule has 2 atom stereocenters. The molecule has 0 radical (unpaired) electrons. The van der Waals surface area contributed by atoms with Gasteiger partial charge in [-0.25, -0.2) is 0 Å². The maximum atomic E-state index is 6.08. The fourth-order valence-corrected chi connectivity index (χ4v) is 3.05. The SMILES string of the molecule is CCC1COC(C)CN1Cc1cc(C)c(CNC2CC2)o1. The van der Waals surface area contributed by atoms with E-state index in [4.69, 9.17) is 9.15 Å². The Morgan fingerprint density at radius 1 is 1.38 bits per heavy atom. The smallest absolute Gasteiger partial charge is 0.120 e. The molecular weight excluding hydrogens is 264 g/mol. The maximum Gasteiger partial charge on any atom is 0.120 e. The molecule has 0 spiro atoms. The van der Waals surface area contributed by atoms with Crippen LogP contribution < -0.4 is 5.32 Å². The standard InChI is InChI=1S/C17H28N2O2/c1-4-15-11-20-13(3)9-19(15)10-16-7-12(2)17(21-16)8-18-14-5-6-14/h7,13-15,18H,4-6,8-11H2,1-3H3. The first-order chi connectivity index (χ1) is 10.2. The molecule has 1 aromatic heterocycles. The number of aryl methyl sites for hydroxylation is 1. The molecule has 1 aliphatic carbocycles. The van der Waals surface area contributed by atoms with Crippen molar-refractivity contribution in [1.82, 2.24) is 10.2 Å². The molecule has 2 fully saturated rings. The average Bonchev–Trinajstić information content (AvgIpc) is 3.21. The number of ether oxygens (including phenoxy) is 1. The molecule has 1 saturated carbocycles. The first-order valence-corrected chi connectivity index (χ1v) is 8.33. The van der Waals surface area contributed by atoms with Crippen LogP contribution in [0.3, 0.4) is 0 Å². The predicted molar refractivity (Wildman–Crippen MR) is 83.2 cm³/mol. The van der Waals surface area contributed by atoms with Gasteiger partial charge in [-0.1, -0.05) is 6.92 Å². The summed E-state index contributed by atoms with van der Waals surface area (Å²) in [6.07, 6.45) is 4.08. The summed E-state index contributed by atoms with van der Waals surface area (Å²) >= 11 is 0. The van der Waals surface area contributed by atoms with E-state index < -0.39 is 0 Å². The average molecular weight is 292 g/mol. The number of hydrogen-bond acceptors (Lipinski definition) is 4. The van der Waals surface area contributed by atoms with Crippen LogP contribution in [0.15, 0.2) is 10.5 Å². The first-order valence-electron chi connectivity index (χ1n) is 8.33. The highest BCUT2D eigenvalue weighted by atomic mass is 16.5. The van der Waals surface area contributed by atoms with Crippen molar-refractivity contribution >= 4 is 0 Å². The lowest BCUT2D eigenvalue weighted by Gasteiger charge is -2.37. The van der Waals surface area contributed by atoms with E-state index in [9.17, 15) is 0 Å². The highest BCUT2D eigenvalue weighted by Crippen LogP contribution is 2.23. The zero-order chi connectivity index (χ0) is 14.8. The van der Waals surface area contributed by atoms with E-state index in [1.54, 1.807) is 0 Å². The molecule has 0 bridgehead atoms. The summed E-state index contributed by atoms with van der Waals surface area (Å²) in [4.78, 5) is 2.50. The third-order valence-corrected chi connectivity index (χ3v) is 4.61. The van der Waals surface area contributed by atoms with Crippen LogP contribution in [0.25, 0.3) is 0 Å². The lowest BCUT2D eigenvalue weighted by molar-refractivity contribution is -0.0611. The van der Waals surface area contributed by atoms with Crippen LogP contribution in [-0.4, -0.2) is 36.2 Å². The van der Waals surface area contributed by atoms with E-state index in [2.05, 4.69) is 37.1 Å². The lowest BCUT2D eigenvalue weighted by atomic mass is 10.1. The number of nitrogens with zero attached hydrogens (tertiary/aromatic N) is 1. The summed E-state index contributed by atoms with van der Waals surface area (Å²) in [5.74, 6) is 2.19. The summed E-state index contributed by atoms with van der Waals surface area (Å²) in [5.41, 5.74) is 1.27. The van der Waals surface area contributed by atoms with Gasteiger partial charge in [0, 0.05) is 18.6 Å². The summed E-state index contributed by atoms with van der Waals surface area (Å²) in [7, 11) is 0. The van der Waals surface area contributed by atoms with Crippen LogP contribution in [0.1, 0.15) is 50.2 Å². The monoisotopic (exact) mass is 292 g/mol. The van der Waals surface area contributed by atoms with Crippen LogP contribution in [0.4, 0.5) is 0 Å². The van der Waals surface area contributed by atoms with Crippen LogP contribution >= 0.6 is 0 Å². The lowest BCUT2D eigenvalue weighted by Crippen LogP contribution is -2.47. The summed E-state index contributed by atoms with van der Waals surface area (Å²) < 4.78 is 11.8. The van der Waals surface area contributed by atoms with Crippen molar-refractivity contribution in [2.45, 2.75) is 71.3 Å². The molecule has 0 amide bonds. The van der Waals surface area contributed by atoms with Crippen molar-refractivity contribution in [2.24, 2.45) is 0 Å². The van der Waals surface area contributed by atoms with E-state index in [0.29, 0.717) is 12.1 Å².